The van der Waals surface area contributed by atoms with Gasteiger partial charge in [-0.1, -0.05) is 145 Å². The van der Waals surface area contributed by atoms with Crippen LogP contribution in [-0.4, -0.2) is 11.8 Å². The SMILES string of the molecule is CCCCCCCCCCCCCCC(CC)NCc1ccc(C(=O)c2ccccc2)cc1. The number of benzene rings is 2. The van der Waals surface area contributed by atoms with Crippen molar-refractivity contribution < 1.29 is 4.79 Å². The third-order valence-electron chi connectivity index (χ3n) is 6.75. The van der Waals surface area contributed by atoms with E-state index >= 15 is 0 Å². The molecule has 0 spiro atoms. The minimum absolute atomic E-state index is 0.0912. The van der Waals surface area contributed by atoms with Gasteiger partial charge in [0.15, 0.2) is 5.78 Å². The first-order chi connectivity index (χ1) is 16.2. The van der Waals surface area contributed by atoms with Crippen molar-refractivity contribution in [3.05, 3.63) is 71.3 Å². The summed E-state index contributed by atoms with van der Waals surface area (Å²) in [5.74, 6) is 0.0912. The first-order valence-electron chi connectivity index (χ1n) is 13.7. The molecule has 0 aliphatic rings. The summed E-state index contributed by atoms with van der Waals surface area (Å²) in [6, 6.07) is 18.2. The molecule has 0 amide bonds. The van der Waals surface area contributed by atoms with Crippen LogP contribution in [0.1, 0.15) is 125 Å². The molecule has 1 atom stereocenters. The summed E-state index contributed by atoms with van der Waals surface area (Å²) in [5.41, 5.74) is 2.75. The summed E-state index contributed by atoms with van der Waals surface area (Å²) in [7, 11) is 0. The second-order valence-electron chi connectivity index (χ2n) is 9.56. The van der Waals surface area contributed by atoms with Crippen molar-refractivity contribution >= 4 is 5.78 Å². The fourth-order valence-corrected chi connectivity index (χ4v) is 4.47. The lowest BCUT2D eigenvalue weighted by atomic mass is 10.0. The molecule has 0 aliphatic carbocycles. The third kappa shape index (κ3) is 11.7. The molecule has 0 aliphatic heterocycles. The van der Waals surface area contributed by atoms with Gasteiger partial charge in [-0.15, -0.1) is 0 Å². The Balaban J connectivity index is 1.55. The number of unbranched alkanes of at least 4 members (excludes halogenated alkanes) is 11. The van der Waals surface area contributed by atoms with Gasteiger partial charge in [-0.05, 0) is 18.4 Å². The highest BCUT2D eigenvalue weighted by molar-refractivity contribution is 6.08. The number of rotatable bonds is 19. The Morgan fingerprint density at radius 1 is 0.667 bits per heavy atom. The van der Waals surface area contributed by atoms with Crippen molar-refractivity contribution in [1.29, 1.82) is 0 Å². The van der Waals surface area contributed by atoms with Crippen LogP contribution in [0.25, 0.3) is 0 Å². The van der Waals surface area contributed by atoms with E-state index in [1.807, 2.05) is 42.5 Å². The van der Waals surface area contributed by atoms with E-state index in [4.69, 9.17) is 0 Å². The molecule has 0 aromatic heterocycles. The average Bonchev–Trinajstić information content (AvgIpc) is 2.87. The first-order valence-corrected chi connectivity index (χ1v) is 13.7. The van der Waals surface area contributed by atoms with Gasteiger partial charge in [0.25, 0.3) is 0 Å². The Bertz CT molecular complexity index is 737. The highest BCUT2D eigenvalue weighted by atomic mass is 16.1. The fourth-order valence-electron chi connectivity index (χ4n) is 4.47. The summed E-state index contributed by atoms with van der Waals surface area (Å²) in [5, 5.41) is 3.72. The molecule has 1 N–H and O–H groups in total. The monoisotopic (exact) mass is 449 g/mol. The van der Waals surface area contributed by atoms with Crippen LogP contribution < -0.4 is 5.32 Å². The molecule has 2 nitrogen and oxygen atoms in total. The number of carbonyl (C=O) groups is 1. The molecular formula is C31H47NO. The molecule has 0 bridgehead atoms. The number of ketones is 1. The molecule has 0 fully saturated rings. The first kappa shape index (κ1) is 27.3. The van der Waals surface area contributed by atoms with E-state index < -0.39 is 0 Å². The standard InChI is InChI=1S/C31H47NO/c1-3-5-6-7-8-9-10-11-12-13-14-18-21-30(4-2)32-26-27-22-24-29(25-23-27)31(33)28-19-16-15-17-20-28/h15-17,19-20,22-25,30,32H,3-14,18,21,26H2,1-2H3. The molecule has 2 aromatic rings. The van der Waals surface area contributed by atoms with Gasteiger partial charge >= 0.3 is 0 Å². The van der Waals surface area contributed by atoms with Gasteiger partial charge in [-0.25, -0.2) is 0 Å². The maximum absolute atomic E-state index is 12.5. The minimum Gasteiger partial charge on any atom is -0.310 e. The Kier molecular flexibility index (Phi) is 14.5. The van der Waals surface area contributed by atoms with Gasteiger partial charge in [0.2, 0.25) is 0 Å². The lowest BCUT2D eigenvalue weighted by Crippen LogP contribution is -2.27. The maximum Gasteiger partial charge on any atom is 0.193 e. The smallest absolute Gasteiger partial charge is 0.193 e. The Hall–Kier alpha value is -1.93. The maximum atomic E-state index is 12.5. The fraction of sp³-hybridized carbons (Fsp3) is 0.581. The van der Waals surface area contributed by atoms with Crippen molar-refractivity contribution in [1.82, 2.24) is 5.32 Å². The molecule has 0 heterocycles. The number of hydrogen-bond donors (Lipinski definition) is 1. The van der Waals surface area contributed by atoms with E-state index in [-0.39, 0.29) is 5.78 Å². The molecular weight excluding hydrogens is 402 g/mol. The van der Waals surface area contributed by atoms with Crippen molar-refractivity contribution in [3.8, 4) is 0 Å². The molecule has 182 valence electrons. The summed E-state index contributed by atoms with van der Waals surface area (Å²) in [6.45, 7) is 5.44. The van der Waals surface area contributed by atoms with E-state index in [9.17, 15) is 4.79 Å². The molecule has 2 rings (SSSR count). The molecule has 33 heavy (non-hydrogen) atoms. The lowest BCUT2D eigenvalue weighted by Gasteiger charge is -2.17. The van der Waals surface area contributed by atoms with Crippen molar-refractivity contribution in [2.24, 2.45) is 0 Å². The largest absolute Gasteiger partial charge is 0.310 e. The Morgan fingerprint density at radius 3 is 1.73 bits per heavy atom. The van der Waals surface area contributed by atoms with Crippen LogP contribution in [-0.2, 0) is 6.54 Å². The van der Waals surface area contributed by atoms with Crippen LogP contribution in [0.4, 0.5) is 0 Å². The Labute approximate surface area is 203 Å². The van der Waals surface area contributed by atoms with Gasteiger partial charge in [-0.2, -0.15) is 0 Å². The number of carbonyl (C=O) groups excluding carboxylic acids is 1. The van der Waals surface area contributed by atoms with Crippen LogP contribution in [0.15, 0.2) is 54.6 Å². The molecule has 2 heteroatoms. The zero-order valence-electron chi connectivity index (χ0n) is 21.3. The van der Waals surface area contributed by atoms with Crippen LogP contribution in [0, 0.1) is 0 Å². The molecule has 2 aromatic carbocycles. The van der Waals surface area contributed by atoms with Crippen molar-refractivity contribution in [2.45, 2.75) is 116 Å². The van der Waals surface area contributed by atoms with E-state index in [1.165, 1.54) is 95.5 Å². The summed E-state index contributed by atoms with van der Waals surface area (Å²) in [4.78, 5) is 12.5. The predicted octanol–water partition coefficient (Wildman–Crippen LogP) is 8.88. The summed E-state index contributed by atoms with van der Waals surface area (Å²) in [6.07, 6.45) is 19.3. The molecule has 0 saturated carbocycles. The highest BCUT2D eigenvalue weighted by Gasteiger charge is 2.09. The van der Waals surface area contributed by atoms with E-state index in [1.54, 1.807) is 0 Å². The minimum atomic E-state index is 0.0912. The third-order valence-corrected chi connectivity index (χ3v) is 6.75. The quantitative estimate of drug-likeness (QED) is 0.171. The van der Waals surface area contributed by atoms with Gasteiger partial charge < -0.3 is 5.32 Å². The van der Waals surface area contributed by atoms with Gasteiger partial charge in [0.05, 0.1) is 0 Å². The number of nitrogens with one attached hydrogen (secondary N) is 1. The van der Waals surface area contributed by atoms with E-state index in [2.05, 4.69) is 31.3 Å². The average molecular weight is 450 g/mol. The van der Waals surface area contributed by atoms with Crippen LogP contribution in [0.3, 0.4) is 0 Å². The zero-order valence-corrected chi connectivity index (χ0v) is 21.3. The zero-order chi connectivity index (χ0) is 23.6. The summed E-state index contributed by atoms with van der Waals surface area (Å²) < 4.78 is 0. The van der Waals surface area contributed by atoms with Crippen molar-refractivity contribution in [2.75, 3.05) is 0 Å². The van der Waals surface area contributed by atoms with Crippen LogP contribution in [0.5, 0.6) is 0 Å². The summed E-state index contributed by atoms with van der Waals surface area (Å²) >= 11 is 0. The second kappa shape index (κ2) is 17.5. The Morgan fingerprint density at radius 2 is 1.18 bits per heavy atom. The second-order valence-corrected chi connectivity index (χ2v) is 9.56. The van der Waals surface area contributed by atoms with Gasteiger partial charge in [0, 0.05) is 23.7 Å². The number of hydrogen-bond acceptors (Lipinski definition) is 2. The van der Waals surface area contributed by atoms with Gasteiger partial charge in [-0.3, -0.25) is 4.79 Å². The van der Waals surface area contributed by atoms with E-state index in [0.717, 1.165) is 17.7 Å². The normalized spacial score (nSPS) is 12.1. The van der Waals surface area contributed by atoms with Crippen LogP contribution >= 0.6 is 0 Å². The van der Waals surface area contributed by atoms with E-state index in [0.29, 0.717) is 6.04 Å². The predicted molar refractivity (Wildman–Crippen MR) is 143 cm³/mol. The molecule has 0 saturated heterocycles. The van der Waals surface area contributed by atoms with Crippen molar-refractivity contribution in [3.63, 3.8) is 0 Å². The molecule has 1 unspecified atom stereocenters. The van der Waals surface area contributed by atoms with Crippen LogP contribution in [0.2, 0.25) is 0 Å². The molecule has 0 radical (unpaired) electrons. The topological polar surface area (TPSA) is 29.1 Å². The lowest BCUT2D eigenvalue weighted by molar-refractivity contribution is 0.103. The van der Waals surface area contributed by atoms with Gasteiger partial charge in [0.1, 0.15) is 0 Å². The highest BCUT2D eigenvalue weighted by Crippen LogP contribution is 2.15.